The number of nitrogens with zero attached hydrogens (tertiary/aromatic N) is 1. The number of carbonyl (C=O) groups is 1. The Balaban J connectivity index is 2.97. The maximum Gasteiger partial charge on any atom is 0.408 e. The Kier molecular flexibility index (Phi) is 3.25. The van der Waals surface area contributed by atoms with Crippen molar-refractivity contribution in [1.82, 2.24) is 0 Å². The van der Waals surface area contributed by atoms with Crippen LogP contribution in [0.15, 0.2) is 24.4 Å². The zero-order valence-corrected chi connectivity index (χ0v) is 7.69. The minimum atomic E-state index is -0.408. The van der Waals surface area contributed by atoms with E-state index in [9.17, 15) is 4.79 Å². The molecule has 4 heteroatoms. The van der Waals surface area contributed by atoms with E-state index in [1.807, 2.05) is 6.92 Å². The Bertz CT molecular complexity index is 299. The number of hydrogen-bond acceptors (Lipinski definition) is 3. The molecule has 0 aliphatic carbocycles. The smallest absolute Gasteiger partial charge is 0.408 e. The van der Waals surface area contributed by atoms with Crippen molar-refractivity contribution < 1.29 is 19.1 Å². The maximum absolute atomic E-state index is 11.2. The molecule has 0 N–H and O–H groups in total. The number of methoxy groups -OCH3 is 1. The van der Waals surface area contributed by atoms with Gasteiger partial charge in [0.05, 0.1) is 7.11 Å². The molecule has 0 radical (unpaired) electrons. The van der Waals surface area contributed by atoms with Crippen LogP contribution in [0.4, 0.5) is 0 Å². The van der Waals surface area contributed by atoms with Gasteiger partial charge in [0, 0.05) is 16.9 Å². The first kappa shape index (κ1) is 9.51. The summed E-state index contributed by atoms with van der Waals surface area (Å²) in [5.41, 5.74) is 0.381. The van der Waals surface area contributed by atoms with E-state index in [4.69, 9.17) is 4.84 Å². The van der Waals surface area contributed by atoms with Crippen LogP contribution in [-0.4, -0.2) is 19.7 Å². The molecule has 1 heterocycles. The second-order valence-corrected chi connectivity index (χ2v) is 2.32. The van der Waals surface area contributed by atoms with Crippen LogP contribution in [0, 0.1) is 0 Å². The van der Waals surface area contributed by atoms with Gasteiger partial charge in [0.15, 0.2) is 6.61 Å². The van der Waals surface area contributed by atoms with Gasteiger partial charge < -0.3 is 4.74 Å². The molecule has 4 nitrogen and oxygen atoms in total. The summed E-state index contributed by atoms with van der Waals surface area (Å²) in [6.07, 6.45) is 1.66. The van der Waals surface area contributed by atoms with Crippen LogP contribution in [0.2, 0.25) is 0 Å². The van der Waals surface area contributed by atoms with Crippen molar-refractivity contribution in [2.45, 2.75) is 6.92 Å². The second kappa shape index (κ2) is 4.45. The Labute approximate surface area is 76.7 Å². The molecule has 13 heavy (non-hydrogen) atoms. The highest BCUT2D eigenvalue weighted by Gasteiger charge is 2.20. The van der Waals surface area contributed by atoms with Gasteiger partial charge in [-0.25, -0.2) is 4.79 Å². The molecular formula is C9H12NO3+. The fraction of sp³-hybridized carbons (Fsp3) is 0.333. The number of aromatic nitrogens is 1. The van der Waals surface area contributed by atoms with Crippen molar-refractivity contribution in [2.75, 3.05) is 13.7 Å². The predicted molar refractivity (Wildman–Crippen MR) is 45.1 cm³/mol. The molecule has 70 valence electrons. The largest absolute Gasteiger partial charge is 0.461 e. The SMILES string of the molecule is CCO[n+]1ccccc1C(=O)OC. The molecule has 1 rings (SSSR count). The number of carbonyl (C=O) groups excluding carboxylic acids is 1. The third-order valence-corrected chi connectivity index (χ3v) is 1.49. The van der Waals surface area contributed by atoms with Crippen LogP contribution < -0.4 is 9.57 Å². The average molecular weight is 182 g/mol. The van der Waals surface area contributed by atoms with Gasteiger partial charge in [0.2, 0.25) is 6.20 Å². The zero-order valence-electron chi connectivity index (χ0n) is 7.69. The summed E-state index contributed by atoms with van der Waals surface area (Å²) in [5, 5.41) is 0. The molecule has 1 aromatic heterocycles. The summed E-state index contributed by atoms with van der Waals surface area (Å²) >= 11 is 0. The Morgan fingerprint density at radius 2 is 2.31 bits per heavy atom. The van der Waals surface area contributed by atoms with E-state index in [0.29, 0.717) is 12.3 Å². The topological polar surface area (TPSA) is 39.4 Å². The predicted octanol–water partition coefficient (Wildman–Crippen LogP) is 0.209. The van der Waals surface area contributed by atoms with Crippen molar-refractivity contribution in [3.05, 3.63) is 30.1 Å². The van der Waals surface area contributed by atoms with E-state index in [-0.39, 0.29) is 0 Å². The number of hydrogen-bond donors (Lipinski definition) is 0. The number of ether oxygens (including phenoxy) is 1. The third kappa shape index (κ3) is 2.18. The summed E-state index contributed by atoms with van der Waals surface area (Å²) in [6, 6.07) is 5.17. The van der Waals surface area contributed by atoms with Crippen molar-refractivity contribution in [3.63, 3.8) is 0 Å². The van der Waals surface area contributed by atoms with E-state index in [2.05, 4.69) is 4.74 Å². The first-order chi connectivity index (χ1) is 6.29. The lowest BCUT2D eigenvalue weighted by Gasteiger charge is -1.98. The molecule has 0 bridgehead atoms. The normalized spacial score (nSPS) is 9.38. The van der Waals surface area contributed by atoms with Crippen molar-refractivity contribution in [3.8, 4) is 0 Å². The molecule has 0 amide bonds. The van der Waals surface area contributed by atoms with Crippen LogP contribution in [0.25, 0.3) is 0 Å². The number of pyridine rings is 1. The third-order valence-electron chi connectivity index (χ3n) is 1.49. The van der Waals surface area contributed by atoms with Gasteiger partial charge in [-0.1, -0.05) is 0 Å². The van der Waals surface area contributed by atoms with Gasteiger partial charge in [0.25, 0.3) is 0 Å². The molecule has 0 aliphatic heterocycles. The van der Waals surface area contributed by atoms with Gasteiger partial charge in [-0.2, -0.15) is 0 Å². The summed E-state index contributed by atoms with van der Waals surface area (Å²) in [4.78, 5) is 16.4. The summed E-state index contributed by atoms with van der Waals surface area (Å²) in [6.45, 7) is 2.35. The highest BCUT2D eigenvalue weighted by molar-refractivity contribution is 5.85. The van der Waals surface area contributed by atoms with Crippen LogP contribution in [0.5, 0.6) is 0 Å². The quantitative estimate of drug-likeness (QED) is 0.495. The monoisotopic (exact) mass is 182 g/mol. The molecule has 0 spiro atoms. The van der Waals surface area contributed by atoms with E-state index < -0.39 is 5.97 Å². The van der Waals surface area contributed by atoms with Crippen molar-refractivity contribution >= 4 is 5.97 Å². The Hall–Kier alpha value is -1.58. The second-order valence-electron chi connectivity index (χ2n) is 2.32. The molecule has 0 saturated heterocycles. The average Bonchev–Trinajstić information content (AvgIpc) is 2.18. The molecule has 0 fully saturated rings. The van der Waals surface area contributed by atoms with E-state index in [0.717, 1.165) is 0 Å². The van der Waals surface area contributed by atoms with E-state index >= 15 is 0 Å². The lowest BCUT2D eigenvalue weighted by molar-refractivity contribution is -0.892. The van der Waals surface area contributed by atoms with Gasteiger partial charge in [-0.15, -0.1) is 0 Å². The van der Waals surface area contributed by atoms with Gasteiger partial charge in [-0.05, 0) is 13.0 Å². The first-order valence-electron chi connectivity index (χ1n) is 4.02. The molecule has 0 unspecified atom stereocenters. The summed E-state index contributed by atoms with van der Waals surface area (Å²) in [5.74, 6) is -0.408. The summed E-state index contributed by atoms with van der Waals surface area (Å²) in [7, 11) is 1.34. The fourth-order valence-corrected chi connectivity index (χ4v) is 0.943. The van der Waals surface area contributed by atoms with Crippen LogP contribution in [0.1, 0.15) is 17.4 Å². The molecule has 0 saturated carbocycles. The Morgan fingerprint density at radius 3 is 2.92 bits per heavy atom. The summed E-state index contributed by atoms with van der Waals surface area (Å²) < 4.78 is 5.98. The van der Waals surface area contributed by atoms with Crippen LogP contribution >= 0.6 is 0 Å². The van der Waals surface area contributed by atoms with Crippen LogP contribution in [0.3, 0.4) is 0 Å². The van der Waals surface area contributed by atoms with E-state index in [1.165, 1.54) is 11.8 Å². The van der Waals surface area contributed by atoms with Crippen LogP contribution in [-0.2, 0) is 4.74 Å². The highest BCUT2D eigenvalue weighted by atomic mass is 16.7. The lowest BCUT2D eigenvalue weighted by Crippen LogP contribution is -2.47. The first-order valence-corrected chi connectivity index (χ1v) is 4.02. The fourth-order valence-electron chi connectivity index (χ4n) is 0.943. The highest BCUT2D eigenvalue weighted by Crippen LogP contribution is 1.92. The van der Waals surface area contributed by atoms with Gasteiger partial charge in [0.1, 0.15) is 0 Å². The van der Waals surface area contributed by atoms with Crippen molar-refractivity contribution in [2.24, 2.45) is 0 Å². The Morgan fingerprint density at radius 1 is 1.54 bits per heavy atom. The molecule has 0 aliphatic rings. The molecule has 0 aromatic carbocycles. The zero-order chi connectivity index (χ0) is 9.68. The maximum atomic E-state index is 11.2. The standard InChI is InChI=1S/C9H12NO3/c1-3-13-10-7-5-4-6-8(10)9(11)12-2/h4-7H,3H2,1-2H3/q+1. The molecule has 1 aromatic rings. The minimum Gasteiger partial charge on any atom is -0.461 e. The van der Waals surface area contributed by atoms with Crippen molar-refractivity contribution in [1.29, 1.82) is 0 Å². The van der Waals surface area contributed by atoms with E-state index in [1.54, 1.807) is 24.4 Å². The van der Waals surface area contributed by atoms with Gasteiger partial charge >= 0.3 is 11.7 Å². The molecule has 0 atom stereocenters. The minimum absolute atomic E-state index is 0.381. The number of esters is 1. The van der Waals surface area contributed by atoms with Gasteiger partial charge in [-0.3, -0.25) is 4.84 Å². The number of rotatable bonds is 3. The molecular weight excluding hydrogens is 170 g/mol. The lowest BCUT2D eigenvalue weighted by atomic mass is 10.3.